The van der Waals surface area contributed by atoms with Crippen molar-refractivity contribution in [1.29, 1.82) is 0 Å². The molecule has 0 bridgehead atoms. The Morgan fingerprint density at radius 1 is 1.32 bits per heavy atom. The quantitative estimate of drug-likeness (QED) is 0.817. The molecule has 3 heterocycles. The highest BCUT2D eigenvalue weighted by Crippen LogP contribution is 2.38. The molecule has 2 N–H and O–H groups in total. The zero-order chi connectivity index (χ0) is 17.2. The summed E-state index contributed by atoms with van der Waals surface area (Å²) in [6.07, 6.45) is 1.96. The van der Waals surface area contributed by atoms with Gasteiger partial charge in [-0.2, -0.15) is 0 Å². The highest BCUT2D eigenvalue weighted by atomic mass is 32.2. The summed E-state index contributed by atoms with van der Waals surface area (Å²) < 4.78 is 12.0. The van der Waals surface area contributed by atoms with E-state index in [2.05, 4.69) is 10.2 Å². The van der Waals surface area contributed by atoms with Gasteiger partial charge in [-0.1, -0.05) is 29.2 Å². The molecule has 2 aliphatic heterocycles. The fourth-order valence-electron chi connectivity index (χ4n) is 3.16. The highest BCUT2D eigenvalue weighted by molar-refractivity contribution is 8.01. The number of nitrogens with two attached hydrogens (primary N) is 1. The zero-order valence-corrected chi connectivity index (χ0v) is 15.1. The molecule has 0 aliphatic carbocycles. The third kappa shape index (κ3) is 3.52. The standard InChI is InChI=1S/C16H18N4O3S2/c17-15-18-19-16(25-15)24-9-14(21)20-5-1-2-11(20)10-3-4-12-13(8-10)23-7-6-22-12/h3-4,8,11H,1-2,5-7,9H2,(H2,17,18)/t11-/m1/s1. The lowest BCUT2D eigenvalue weighted by molar-refractivity contribution is -0.129. The molecule has 25 heavy (non-hydrogen) atoms. The van der Waals surface area contributed by atoms with Crippen LogP contribution in [-0.4, -0.2) is 46.5 Å². The fraction of sp³-hybridized carbons (Fsp3) is 0.438. The smallest absolute Gasteiger partial charge is 0.233 e. The van der Waals surface area contributed by atoms with Crippen molar-refractivity contribution in [3.8, 4) is 11.5 Å². The van der Waals surface area contributed by atoms with E-state index in [0.717, 1.165) is 40.8 Å². The van der Waals surface area contributed by atoms with Crippen molar-refractivity contribution in [3.63, 3.8) is 0 Å². The van der Waals surface area contributed by atoms with Crippen LogP contribution in [0.2, 0.25) is 0 Å². The lowest BCUT2D eigenvalue weighted by Crippen LogP contribution is -2.32. The van der Waals surface area contributed by atoms with E-state index < -0.39 is 0 Å². The summed E-state index contributed by atoms with van der Waals surface area (Å²) in [4.78, 5) is 14.6. The maximum absolute atomic E-state index is 12.7. The molecule has 132 valence electrons. The van der Waals surface area contributed by atoms with Crippen molar-refractivity contribution in [1.82, 2.24) is 15.1 Å². The average molecular weight is 378 g/mol. The molecule has 0 unspecified atom stereocenters. The molecule has 2 aliphatic rings. The SMILES string of the molecule is Nc1nnc(SCC(=O)N2CCC[C@@H]2c2ccc3c(c2)OCCO3)s1. The molecule has 0 radical (unpaired) electrons. The van der Waals surface area contributed by atoms with Crippen molar-refractivity contribution in [3.05, 3.63) is 23.8 Å². The maximum atomic E-state index is 12.7. The molecule has 1 atom stereocenters. The lowest BCUT2D eigenvalue weighted by atomic mass is 10.0. The molecule has 1 amide bonds. The van der Waals surface area contributed by atoms with Crippen molar-refractivity contribution < 1.29 is 14.3 Å². The molecule has 1 aromatic carbocycles. The average Bonchev–Trinajstić information content (AvgIpc) is 3.28. The second-order valence-electron chi connectivity index (χ2n) is 5.84. The molecule has 9 heteroatoms. The monoisotopic (exact) mass is 378 g/mol. The third-order valence-corrected chi connectivity index (χ3v) is 6.14. The summed E-state index contributed by atoms with van der Waals surface area (Å²) in [6.45, 7) is 1.91. The topological polar surface area (TPSA) is 90.6 Å². The number of nitrogens with zero attached hydrogens (tertiary/aromatic N) is 3. The van der Waals surface area contributed by atoms with Gasteiger partial charge in [-0.15, -0.1) is 10.2 Å². The second-order valence-corrected chi connectivity index (χ2v) is 8.07. The number of likely N-dealkylation sites (tertiary alicyclic amines) is 1. The van der Waals surface area contributed by atoms with E-state index in [9.17, 15) is 4.79 Å². The van der Waals surface area contributed by atoms with E-state index in [1.165, 1.54) is 23.1 Å². The Morgan fingerprint density at radius 2 is 2.16 bits per heavy atom. The summed E-state index contributed by atoms with van der Waals surface area (Å²) in [7, 11) is 0. The van der Waals surface area contributed by atoms with E-state index in [4.69, 9.17) is 15.2 Å². The van der Waals surface area contributed by atoms with Gasteiger partial charge in [0.15, 0.2) is 15.8 Å². The van der Waals surface area contributed by atoms with Gasteiger partial charge in [0.05, 0.1) is 11.8 Å². The van der Waals surface area contributed by atoms with Gasteiger partial charge in [0, 0.05) is 6.54 Å². The number of rotatable bonds is 4. The molecule has 2 aromatic rings. The number of nitrogen functional groups attached to an aromatic ring is 1. The van der Waals surface area contributed by atoms with E-state index >= 15 is 0 Å². The van der Waals surface area contributed by atoms with Gasteiger partial charge < -0.3 is 20.1 Å². The summed E-state index contributed by atoms with van der Waals surface area (Å²) in [6, 6.07) is 6.05. The largest absolute Gasteiger partial charge is 0.486 e. The van der Waals surface area contributed by atoms with Crippen molar-refractivity contribution in [2.24, 2.45) is 0 Å². The Hall–Kier alpha value is -2.00. The number of aromatic nitrogens is 2. The number of thioether (sulfide) groups is 1. The summed E-state index contributed by atoms with van der Waals surface area (Å²) >= 11 is 2.69. The van der Waals surface area contributed by atoms with Crippen LogP contribution in [-0.2, 0) is 4.79 Å². The van der Waals surface area contributed by atoms with Crippen LogP contribution in [0.4, 0.5) is 5.13 Å². The van der Waals surface area contributed by atoms with E-state index in [1.54, 1.807) is 0 Å². The number of fused-ring (bicyclic) bond motifs is 1. The first-order chi connectivity index (χ1) is 12.2. The summed E-state index contributed by atoms with van der Waals surface area (Å²) in [5.74, 6) is 1.99. The Balaban J connectivity index is 1.45. The van der Waals surface area contributed by atoms with Gasteiger partial charge in [-0.3, -0.25) is 4.79 Å². The Bertz CT molecular complexity index is 782. The molecule has 4 rings (SSSR count). The molecule has 1 fully saturated rings. The molecule has 0 spiro atoms. The van der Waals surface area contributed by atoms with Crippen LogP contribution < -0.4 is 15.2 Å². The first-order valence-corrected chi connectivity index (χ1v) is 9.92. The Kier molecular flexibility index (Phi) is 4.67. The number of amides is 1. The molecule has 1 aromatic heterocycles. The number of anilines is 1. The first kappa shape index (κ1) is 16.5. The number of carbonyl (C=O) groups excluding carboxylic acids is 1. The number of benzene rings is 1. The van der Waals surface area contributed by atoms with Gasteiger partial charge in [-0.25, -0.2) is 0 Å². The second kappa shape index (κ2) is 7.09. The summed E-state index contributed by atoms with van der Waals surface area (Å²) in [5, 5.41) is 8.14. The van der Waals surface area contributed by atoms with Crippen LogP contribution in [0.1, 0.15) is 24.4 Å². The number of hydrogen-bond donors (Lipinski definition) is 1. The lowest BCUT2D eigenvalue weighted by Gasteiger charge is -2.26. The molecule has 0 saturated carbocycles. The predicted octanol–water partition coefficient (Wildman–Crippen LogP) is 2.35. The summed E-state index contributed by atoms with van der Waals surface area (Å²) in [5.41, 5.74) is 6.67. The maximum Gasteiger partial charge on any atom is 0.233 e. The van der Waals surface area contributed by atoms with Gasteiger partial charge in [-0.05, 0) is 30.5 Å². The number of carbonyl (C=O) groups is 1. The van der Waals surface area contributed by atoms with Crippen LogP contribution in [0.15, 0.2) is 22.5 Å². The number of ether oxygens (including phenoxy) is 2. The van der Waals surface area contributed by atoms with Crippen LogP contribution in [0.25, 0.3) is 0 Å². The molecular formula is C16H18N4O3S2. The van der Waals surface area contributed by atoms with Crippen LogP contribution in [0, 0.1) is 0 Å². The van der Waals surface area contributed by atoms with Crippen LogP contribution in [0.3, 0.4) is 0 Å². The van der Waals surface area contributed by atoms with Gasteiger partial charge in [0.1, 0.15) is 13.2 Å². The minimum Gasteiger partial charge on any atom is -0.486 e. The van der Waals surface area contributed by atoms with Gasteiger partial charge >= 0.3 is 0 Å². The highest BCUT2D eigenvalue weighted by Gasteiger charge is 2.30. The minimum absolute atomic E-state index is 0.0865. The zero-order valence-electron chi connectivity index (χ0n) is 13.5. The predicted molar refractivity (Wildman–Crippen MR) is 96.2 cm³/mol. The van der Waals surface area contributed by atoms with Crippen LogP contribution in [0.5, 0.6) is 11.5 Å². The first-order valence-electron chi connectivity index (χ1n) is 8.11. The van der Waals surface area contributed by atoms with E-state index in [-0.39, 0.29) is 11.9 Å². The third-order valence-electron chi connectivity index (χ3n) is 4.27. The van der Waals surface area contributed by atoms with Crippen molar-refractivity contribution >= 4 is 34.1 Å². The van der Waals surface area contributed by atoms with Crippen molar-refractivity contribution in [2.75, 3.05) is 31.2 Å². The number of hydrogen-bond acceptors (Lipinski definition) is 8. The van der Waals surface area contributed by atoms with Gasteiger partial charge in [0.25, 0.3) is 0 Å². The molecule has 7 nitrogen and oxygen atoms in total. The minimum atomic E-state index is 0.0865. The van der Waals surface area contributed by atoms with E-state index in [1.807, 2.05) is 23.1 Å². The molecular weight excluding hydrogens is 360 g/mol. The van der Waals surface area contributed by atoms with Crippen molar-refractivity contribution in [2.45, 2.75) is 23.2 Å². The normalized spacial score (nSPS) is 19.2. The fourth-order valence-corrected chi connectivity index (χ4v) is 4.69. The Morgan fingerprint density at radius 3 is 2.96 bits per heavy atom. The van der Waals surface area contributed by atoms with Gasteiger partial charge in [0.2, 0.25) is 11.0 Å². The Labute approximate surface area is 153 Å². The van der Waals surface area contributed by atoms with Crippen LogP contribution >= 0.6 is 23.1 Å². The molecule has 1 saturated heterocycles. The van der Waals surface area contributed by atoms with E-state index in [0.29, 0.717) is 24.1 Å².